The summed E-state index contributed by atoms with van der Waals surface area (Å²) in [5.41, 5.74) is 0.586. The van der Waals surface area contributed by atoms with Gasteiger partial charge in [-0.1, -0.05) is 13.2 Å². The Hall–Kier alpha value is -0.540. The summed E-state index contributed by atoms with van der Waals surface area (Å²) in [6.07, 6.45) is 1.62. The SMILES string of the molecule is C=C(/C=C(/OC)C(=C)Br)CO. The van der Waals surface area contributed by atoms with Gasteiger partial charge in [-0.25, -0.2) is 0 Å². The maximum Gasteiger partial charge on any atom is 0.132 e. The second-order valence-corrected chi connectivity index (χ2v) is 2.89. The summed E-state index contributed by atoms with van der Waals surface area (Å²) < 4.78 is 5.56. The van der Waals surface area contributed by atoms with E-state index >= 15 is 0 Å². The molecule has 0 amide bonds. The second-order valence-electron chi connectivity index (χ2n) is 1.93. The zero-order valence-electron chi connectivity index (χ0n) is 6.43. The predicted molar refractivity (Wildman–Crippen MR) is 49.4 cm³/mol. The summed E-state index contributed by atoms with van der Waals surface area (Å²) in [7, 11) is 1.53. The third kappa shape index (κ3) is 4.01. The lowest BCUT2D eigenvalue weighted by atomic mass is 10.3. The Morgan fingerprint density at radius 2 is 2.18 bits per heavy atom. The maximum atomic E-state index is 8.62. The molecule has 0 saturated heterocycles. The van der Waals surface area contributed by atoms with Gasteiger partial charge < -0.3 is 9.84 Å². The lowest BCUT2D eigenvalue weighted by Crippen LogP contribution is -1.90. The summed E-state index contributed by atoms with van der Waals surface area (Å²) in [5, 5.41) is 8.62. The molecular formula is C8H11BrO2. The molecule has 0 unspecified atom stereocenters. The number of halogens is 1. The largest absolute Gasteiger partial charge is 0.496 e. The molecule has 3 heteroatoms. The highest BCUT2D eigenvalue weighted by Crippen LogP contribution is 2.16. The normalized spacial score (nSPS) is 11.0. The van der Waals surface area contributed by atoms with Crippen LogP contribution >= 0.6 is 15.9 Å². The summed E-state index contributed by atoms with van der Waals surface area (Å²) >= 11 is 3.15. The first kappa shape index (κ1) is 10.5. The maximum absolute atomic E-state index is 8.62. The Bertz CT molecular complexity index is 194. The molecule has 0 spiro atoms. The number of hydrogen-bond donors (Lipinski definition) is 1. The van der Waals surface area contributed by atoms with E-state index in [9.17, 15) is 0 Å². The summed E-state index contributed by atoms with van der Waals surface area (Å²) in [6, 6.07) is 0. The first-order valence-electron chi connectivity index (χ1n) is 3.01. The molecule has 0 radical (unpaired) electrons. The van der Waals surface area contributed by atoms with Gasteiger partial charge in [0.15, 0.2) is 0 Å². The van der Waals surface area contributed by atoms with E-state index in [0.717, 1.165) is 0 Å². The molecule has 0 aromatic heterocycles. The van der Waals surface area contributed by atoms with Crippen molar-refractivity contribution in [1.82, 2.24) is 0 Å². The van der Waals surface area contributed by atoms with Crippen LogP contribution in [-0.2, 0) is 4.74 Å². The highest BCUT2D eigenvalue weighted by Gasteiger charge is 1.98. The van der Waals surface area contributed by atoms with Crippen LogP contribution in [0, 0.1) is 0 Å². The van der Waals surface area contributed by atoms with E-state index in [0.29, 0.717) is 15.8 Å². The number of hydrogen-bond acceptors (Lipinski definition) is 2. The van der Waals surface area contributed by atoms with Gasteiger partial charge in [0.2, 0.25) is 0 Å². The van der Waals surface area contributed by atoms with Gasteiger partial charge in [0.1, 0.15) is 5.76 Å². The molecule has 0 aromatic carbocycles. The zero-order valence-corrected chi connectivity index (χ0v) is 8.02. The quantitative estimate of drug-likeness (QED) is 0.578. The zero-order chi connectivity index (χ0) is 8.85. The number of allylic oxidation sites excluding steroid dienone is 1. The molecule has 0 rings (SSSR count). The molecule has 0 aliphatic carbocycles. The van der Waals surface area contributed by atoms with Crippen molar-refractivity contribution >= 4 is 15.9 Å². The van der Waals surface area contributed by atoms with Crippen LogP contribution in [0.5, 0.6) is 0 Å². The Labute approximate surface area is 75.0 Å². The van der Waals surface area contributed by atoms with Gasteiger partial charge in [-0.2, -0.15) is 0 Å². The van der Waals surface area contributed by atoms with E-state index in [1.807, 2.05) is 0 Å². The minimum Gasteiger partial charge on any atom is -0.496 e. The molecular weight excluding hydrogens is 208 g/mol. The van der Waals surface area contributed by atoms with E-state index in [1.54, 1.807) is 6.08 Å². The van der Waals surface area contributed by atoms with E-state index in [4.69, 9.17) is 9.84 Å². The van der Waals surface area contributed by atoms with E-state index in [-0.39, 0.29) is 6.61 Å². The predicted octanol–water partition coefficient (Wildman–Crippen LogP) is 1.97. The Morgan fingerprint density at radius 1 is 1.64 bits per heavy atom. The van der Waals surface area contributed by atoms with Gasteiger partial charge in [-0.05, 0) is 27.6 Å². The Balaban J connectivity index is 4.35. The Kier molecular flexibility index (Phi) is 4.90. The fourth-order valence-corrected chi connectivity index (χ4v) is 0.755. The number of rotatable bonds is 4. The first-order chi connectivity index (χ1) is 5.11. The van der Waals surface area contributed by atoms with Crippen LogP contribution in [0.2, 0.25) is 0 Å². The van der Waals surface area contributed by atoms with Crippen molar-refractivity contribution in [3.8, 4) is 0 Å². The van der Waals surface area contributed by atoms with Gasteiger partial charge in [0, 0.05) is 0 Å². The van der Waals surface area contributed by atoms with Crippen molar-refractivity contribution in [3.05, 3.63) is 35.0 Å². The van der Waals surface area contributed by atoms with E-state index in [2.05, 4.69) is 29.1 Å². The molecule has 2 nitrogen and oxygen atoms in total. The topological polar surface area (TPSA) is 29.5 Å². The minimum absolute atomic E-state index is 0.0762. The number of ether oxygens (including phenoxy) is 1. The fraction of sp³-hybridized carbons (Fsp3) is 0.250. The molecule has 0 heterocycles. The number of methoxy groups -OCH3 is 1. The lowest BCUT2D eigenvalue weighted by molar-refractivity contribution is 0.302. The van der Waals surface area contributed by atoms with Crippen molar-refractivity contribution < 1.29 is 9.84 Å². The fourth-order valence-electron chi connectivity index (χ4n) is 0.479. The molecule has 1 N–H and O–H groups in total. The summed E-state index contributed by atoms with van der Waals surface area (Å²) in [5.74, 6) is 0.573. The molecule has 0 saturated carbocycles. The smallest absolute Gasteiger partial charge is 0.132 e. The molecule has 0 aliphatic heterocycles. The van der Waals surface area contributed by atoms with Crippen LogP contribution in [0.25, 0.3) is 0 Å². The first-order valence-corrected chi connectivity index (χ1v) is 3.80. The van der Waals surface area contributed by atoms with Crippen LogP contribution in [0.4, 0.5) is 0 Å². The third-order valence-electron chi connectivity index (χ3n) is 1.03. The van der Waals surface area contributed by atoms with Crippen molar-refractivity contribution in [1.29, 1.82) is 0 Å². The van der Waals surface area contributed by atoms with E-state index < -0.39 is 0 Å². The average Bonchev–Trinajstić information content (AvgIpc) is 1.99. The monoisotopic (exact) mass is 218 g/mol. The molecule has 0 aliphatic rings. The molecule has 0 aromatic rings. The molecule has 0 atom stereocenters. The van der Waals surface area contributed by atoms with Crippen LogP contribution in [0.15, 0.2) is 35.0 Å². The van der Waals surface area contributed by atoms with Gasteiger partial charge in [-0.15, -0.1) is 0 Å². The van der Waals surface area contributed by atoms with Crippen LogP contribution < -0.4 is 0 Å². The average molecular weight is 219 g/mol. The standard InChI is InChI=1S/C8H11BrO2/c1-6(5-10)4-8(11-3)7(2)9/h4,10H,1-2,5H2,3H3/b8-4+. The van der Waals surface area contributed by atoms with Crippen LogP contribution in [0.3, 0.4) is 0 Å². The van der Waals surface area contributed by atoms with Gasteiger partial charge in [0.05, 0.1) is 18.2 Å². The third-order valence-corrected chi connectivity index (χ3v) is 1.42. The van der Waals surface area contributed by atoms with Crippen molar-refractivity contribution in [2.75, 3.05) is 13.7 Å². The number of aliphatic hydroxyl groups is 1. The second kappa shape index (κ2) is 5.16. The minimum atomic E-state index is -0.0762. The van der Waals surface area contributed by atoms with Gasteiger partial charge >= 0.3 is 0 Å². The van der Waals surface area contributed by atoms with E-state index in [1.165, 1.54) is 7.11 Å². The molecule has 0 fully saturated rings. The summed E-state index contributed by atoms with van der Waals surface area (Å²) in [4.78, 5) is 0. The lowest BCUT2D eigenvalue weighted by Gasteiger charge is -2.03. The number of aliphatic hydroxyl groups excluding tert-OH is 1. The molecule has 62 valence electrons. The van der Waals surface area contributed by atoms with Gasteiger partial charge in [0.25, 0.3) is 0 Å². The van der Waals surface area contributed by atoms with Crippen molar-refractivity contribution in [2.24, 2.45) is 0 Å². The molecule has 0 bridgehead atoms. The highest BCUT2D eigenvalue weighted by molar-refractivity contribution is 9.11. The highest BCUT2D eigenvalue weighted by atomic mass is 79.9. The van der Waals surface area contributed by atoms with Crippen LogP contribution in [0.1, 0.15) is 0 Å². The van der Waals surface area contributed by atoms with Crippen molar-refractivity contribution in [3.63, 3.8) is 0 Å². The van der Waals surface area contributed by atoms with Crippen molar-refractivity contribution in [2.45, 2.75) is 0 Å². The van der Waals surface area contributed by atoms with Gasteiger partial charge in [-0.3, -0.25) is 0 Å². The van der Waals surface area contributed by atoms with Crippen LogP contribution in [-0.4, -0.2) is 18.8 Å². The summed E-state index contributed by atoms with van der Waals surface area (Å²) in [6.45, 7) is 7.11. The molecule has 11 heavy (non-hydrogen) atoms. The Morgan fingerprint density at radius 3 is 2.45 bits per heavy atom.